The Morgan fingerprint density at radius 2 is 2.00 bits per heavy atom. The molecule has 1 aliphatic heterocycles. The molecule has 0 saturated heterocycles. The van der Waals surface area contributed by atoms with Gasteiger partial charge in [0.2, 0.25) is 5.82 Å². The number of urea groups is 1. The first kappa shape index (κ1) is 22.3. The summed E-state index contributed by atoms with van der Waals surface area (Å²) in [5.41, 5.74) is 2.64. The molecule has 33 heavy (non-hydrogen) atoms. The molecule has 0 aliphatic carbocycles. The lowest BCUT2D eigenvalue weighted by Crippen LogP contribution is -2.46. The van der Waals surface area contributed by atoms with Gasteiger partial charge in [0.25, 0.3) is 5.89 Å². The maximum Gasteiger partial charge on any atom is 0.322 e. The number of nitrogens with zero attached hydrogens (tertiary/aromatic N) is 3. The number of halogens is 1. The van der Waals surface area contributed by atoms with Crippen LogP contribution in [-0.4, -0.2) is 41.8 Å². The van der Waals surface area contributed by atoms with E-state index in [0.717, 1.165) is 12.0 Å². The van der Waals surface area contributed by atoms with Gasteiger partial charge in [-0.15, -0.1) is 0 Å². The third kappa shape index (κ3) is 4.26. The quantitative estimate of drug-likeness (QED) is 0.554. The number of amides is 2. The van der Waals surface area contributed by atoms with Crippen molar-refractivity contribution in [1.29, 1.82) is 0 Å². The summed E-state index contributed by atoms with van der Waals surface area (Å²) in [6.45, 7) is 4.39. The summed E-state index contributed by atoms with van der Waals surface area (Å²) >= 11 is 0. The van der Waals surface area contributed by atoms with Gasteiger partial charge < -0.3 is 19.3 Å². The van der Waals surface area contributed by atoms with Crippen molar-refractivity contribution in [3.63, 3.8) is 0 Å². The largest absolute Gasteiger partial charge is 0.497 e. The van der Waals surface area contributed by atoms with E-state index >= 15 is 0 Å². The summed E-state index contributed by atoms with van der Waals surface area (Å²) in [4.78, 5) is 19.1. The van der Waals surface area contributed by atoms with E-state index in [1.807, 2.05) is 38.1 Å². The number of allylic oxidation sites excluding steroid dienone is 1. The van der Waals surface area contributed by atoms with Crippen molar-refractivity contribution in [2.75, 3.05) is 20.8 Å². The van der Waals surface area contributed by atoms with Crippen LogP contribution in [0.3, 0.4) is 0 Å². The lowest BCUT2D eigenvalue weighted by atomic mass is 9.94. The Morgan fingerprint density at radius 3 is 2.70 bits per heavy atom. The Labute approximate surface area is 191 Å². The molecular weight excluding hydrogens is 427 g/mol. The van der Waals surface area contributed by atoms with Gasteiger partial charge in [-0.3, -0.25) is 4.90 Å². The van der Waals surface area contributed by atoms with Crippen molar-refractivity contribution in [2.45, 2.75) is 26.3 Å². The van der Waals surface area contributed by atoms with E-state index in [1.54, 1.807) is 18.1 Å². The second-order valence-electron chi connectivity index (χ2n) is 7.58. The van der Waals surface area contributed by atoms with Gasteiger partial charge in [0, 0.05) is 17.8 Å². The standard InChI is InChI=1S/C24H25FN4O4/c1-5-11-29-14(2)20(21(26-24(29)30)15-7-6-8-17(12-15)31-3)23-27-22(28-33-23)16-9-10-19(32-4)18(25)13-16/h6-10,12-13,21H,5,11H2,1-4H3,(H,26,30). The van der Waals surface area contributed by atoms with Gasteiger partial charge in [0.1, 0.15) is 5.75 Å². The van der Waals surface area contributed by atoms with Gasteiger partial charge in [-0.25, -0.2) is 9.18 Å². The number of carbonyl (C=O) groups is 1. The zero-order valence-corrected chi connectivity index (χ0v) is 18.9. The summed E-state index contributed by atoms with van der Waals surface area (Å²) in [6.07, 6.45) is 0.780. The van der Waals surface area contributed by atoms with Crippen LogP contribution in [0.1, 0.15) is 37.8 Å². The Hall–Kier alpha value is -3.88. The SMILES string of the molecule is CCCN1C(=O)NC(c2cccc(OC)c2)C(c2nc(-c3ccc(OC)c(F)c3)no2)=C1C. The Bertz CT molecular complexity index is 1210. The van der Waals surface area contributed by atoms with Gasteiger partial charge >= 0.3 is 6.03 Å². The van der Waals surface area contributed by atoms with E-state index in [0.29, 0.717) is 29.1 Å². The van der Waals surface area contributed by atoms with Crippen LogP contribution in [0, 0.1) is 5.82 Å². The molecule has 4 rings (SSSR count). The highest BCUT2D eigenvalue weighted by atomic mass is 19.1. The van der Waals surface area contributed by atoms with Crippen LogP contribution in [-0.2, 0) is 0 Å². The fraction of sp³-hybridized carbons (Fsp3) is 0.292. The highest BCUT2D eigenvalue weighted by Crippen LogP contribution is 2.38. The van der Waals surface area contributed by atoms with Crippen LogP contribution < -0.4 is 14.8 Å². The highest BCUT2D eigenvalue weighted by molar-refractivity contribution is 5.87. The van der Waals surface area contributed by atoms with Crippen LogP contribution in [0.15, 0.2) is 52.7 Å². The summed E-state index contributed by atoms with van der Waals surface area (Å²) in [7, 11) is 2.99. The molecule has 2 aromatic carbocycles. The van der Waals surface area contributed by atoms with Crippen LogP contribution in [0.2, 0.25) is 0 Å². The van der Waals surface area contributed by atoms with Gasteiger partial charge in [-0.05, 0) is 49.2 Å². The first-order valence-electron chi connectivity index (χ1n) is 10.6. The zero-order chi connectivity index (χ0) is 23.5. The van der Waals surface area contributed by atoms with Crippen LogP contribution in [0.5, 0.6) is 11.5 Å². The van der Waals surface area contributed by atoms with E-state index in [2.05, 4.69) is 15.5 Å². The van der Waals surface area contributed by atoms with Crippen molar-refractivity contribution in [3.05, 3.63) is 65.4 Å². The molecule has 8 nitrogen and oxygen atoms in total. The number of ether oxygens (including phenoxy) is 2. The van der Waals surface area contributed by atoms with E-state index in [4.69, 9.17) is 14.0 Å². The number of methoxy groups -OCH3 is 2. The molecule has 1 aliphatic rings. The van der Waals surface area contributed by atoms with Crippen molar-refractivity contribution >= 4 is 11.6 Å². The number of rotatable bonds is 7. The molecule has 1 aromatic heterocycles. The van der Waals surface area contributed by atoms with Crippen LogP contribution in [0.4, 0.5) is 9.18 Å². The fourth-order valence-corrected chi connectivity index (χ4v) is 3.88. The van der Waals surface area contributed by atoms with Gasteiger partial charge in [0.15, 0.2) is 11.6 Å². The summed E-state index contributed by atoms with van der Waals surface area (Å²) in [6, 6.07) is 11.2. The molecule has 0 fully saturated rings. The van der Waals surface area contributed by atoms with Crippen molar-refractivity contribution in [1.82, 2.24) is 20.4 Å². The predicted octanol–water partition coefficient (Wildman–Crippen LogP) is 4.80. The van der Waals surface area contributed by atoms with Crippen LogP contribution >= 0.6 is 0 Å². The molecule has 1 unspecified atom stereocenters. The first-order chi connectivity index (χ1) is 16.0. The summed E-state index contributed by atoms with van der Waals surface area (Å²) in [5, 5.41) is 7.10. The second-order valence-corrected chi connectivity index (χ2v) is 7.58. The number of aromatic nitrogens is 2. The first-order valence-corrected chi connectivity index (χ1v) is 10.6. The van der Waals surface area contributed by atoms with E-state index < -0.39 is 11.9 Å². The Kier molecular flexibility index (Phi) is 6.30. The molecule has 2 amide bonds. The lowest BCUT2D eigenvalue weighted by molar-refractivity contribution is 0.205. The second kappa shape index (κ2) is 9.32. The monoisotopic (exact) mass is 452 g/mol. The maximum atomic E-state index is 14.2. The number of hydrogen-bond donors (Lipinski definition) is 1. The molecule has 0 bridgehead atoms. The Morgan fingerprint density at radius 1 is 1.18 bits per heavy atom. The van der Waals surface area contributed by atoms with E-state index in [9.17, 15) is 9.18 Å². The summed E-state index contributed by atoms with van der Waals surface area (Å²) < 4.78 is 30.2. The molecule has 0 spiro atoms. The molecule has 1 atom stereocenters. The number of hydrogen-bond acceptors (Lipinski definition) is 6. The summed E-state index contributed by atoms with van der Waals surface area (Å²) in [5.74, 6) is 0.742. The predicted molar refractivity (Wildman–Crippen MR) is 120 cm³/mol. The van der Waals surface area contributed by atoms with Crippen molar-refractivity contribution in [3.8, 4) is 22.9 Å². The van der Waals surface area contributed by atoms with Crippen molar-refractivity contribution in [2.24, 2.45) is 0 Å². The van der Waals surface area contributed by atoms with E-state index in [1.165, 1.54) is 19.2 Å². The molecule has 172 valence electrons. The third-order valence-electron chi connectivity index (χ3n) is 5.54. The molecule has 0 saturated carbocycles. The molecule has 0 radical (unpaired) electrons. The number of carbonyl (C=O) groups excluding carboxylic acids is 1. The topological polar surface area (TPSA) is 89.7 Å². The number of benzene rings is 2. The minimum absolute atomic E-state index is 0.129. The molecule has 3 aromatic rings. The van der Waals surface area contributed by atoms with E-state index in [-0.39, 0.29) is 23.5 Å². The average Bonchev–Trinajstić information content (AvgIpc) is 3.31. The third-order valence-corrected chi connectivity index (χ3v) is 5.54. The van der Waals surface area contributed by atoms with Crippen molar-refractivity contribution < 1.29 is 23.2 Å². The number of nitrogens with one attached hydrogen (secondary N) is 1. The zero-order valence-electron chi connectivity index (χ0n) is 18.9. The minimum Gasteiger partial charge on any atom is -0.497 e. The molecule has 9 heteroatoms. The van der Waals surface area contributed by atoms with Gasteiger partial charge in [0.05, 0.1) is 25.8 Å². The average molecular weight is 452 g/mol. The highest BCUT2D eigenvalue weighted by Gasteiger charge is 2.35. The molecular formula is C24H25FN4O4. The van der Waals surface area contributed by atoms with Crippen LogP contribution in [0.25, 0.3) is 17.0 Å². The lowest BCUT2D eigenvalue weighted by Gasteiger charge is -2.35. The van der Waals surface area contributed by atoms with Gasteiger partial charge in [-0.1, -0.05) is 24.2 Å². The maximum absolute atomic E-state index is 14.2. The van der Waals surface area contributed by atoms with Gasteiger partial charge in [-0.2, -0.15) is 4.98 Å². The fourth-order valence-electron chi connectivity index (χ4n) is 3.88. The smallest absolute Gasteiger partial charge is 0.322 e. The molecule has 1 N–H and O–H groups in total. The Balaban J connectivity index is 1.80. The normalized spacial score (nSPS) is 16.1. The molecule has 2 heterocycles. The minimum atomic E-state index is -0.526.